The highest BCUT2D eigenvalue weighted by atomic mass is 19.4. The molecule has 0 spiro atoms. The van der Waals surface area contributed by atoms with Crippen molar-refractivity contribution in [2.24, 2.45) is 0 Å². The molecule has 170 valence electrons. The second kappa shape index (κ2) is 9.21. The molecular formula is C22H24F3N5O2. The Morgan fingerprint density at radius 3 is 2.31 bits per heavy atom. The van der Waals surface area contributed by atoms with Crippen LogP contribution in [0.1, 0.15) is 25.8 Å². The van der Waals surface area contributed by atoms with Crippen molar-refractivity contribution in [1.82, 2.24) is 15.1 Å². The smallest absolute Gasteiger partial charge is 0.416 e. The van der Waals surface area contributed by atoms with Crippen LogP contribution in [0.4, 0.5) is 29.5 Å². The zero-order chi connectivity index (χ0) is 23.5. The number of amides is 2. The molecule has 0 unspecified atom stereocenters. The van der Waals surface area contributed by atoms with E-state index in [0.717, 1.165) is 18.6 Å². The summed E-state index contributed by atoms with van der Waals surface area (Å²) in [6.07, 6.45) is -3.72. The van der Waals surface area contributed by atoms with Crippen molar-refractivity contribution in [3.05, 3.63) is 54.1 Å². The zero-order valence-corrected chi connectivity index (χ0v) is 17.8. The minimum absolute atomic E-state index is 0.0642. The van der Waals surface area contributed by atoms with Crippen molar-refractivity contribution in [2.45, 2.75) is 32.5 Å². The van der Waals surface area contributed by atoms with Crippen LogP contribution in [0.5, 0.6) is 5.75 Å². The molecular weight excluding hydrogens is 423 g/mol. The first-order valence-electron chi connectivity index (χ1n) is 9.92. The number of nitrogen functional groups attached to an aromatic ring is 1. The largest absolute Gasteiger partial charge is 0.497 e. The van der Waals surface area contributed by atoms with E-state index in [1.54, 1.807) is 31.4 Å². The van der Waals surface area contributed by atoms with E-state index in [4.69, 9.17) is 10.5 Å². The van der Waals surface area contributed by atoms with E-state index in [0.29, 0.717) is 22.7 Å². The highest BCUT2D eigenvalue weighted by Gasteiger charge is 2.30. The predicted molar refractivity (Wildman–Crippen MR) is 117 cm³/mol. The monoisotopic (exact) mass is 447 g/mol. The van der Waals surface area contributed by atoms with Crippen LogP contribution in [0.2, 0.25) is 0 Å². The van der Waals surface area contributed by atoms with Gasteiger partial charge in [-0.15, -0.1) is 0 Å². The number of methoxy groups -OCH3 is 1. The molecule has 0 saturated carbocycles. The highest BCUT2D eigenvalue weighted by Crippen LogP contribution is 2.36. The lowest BCUT2D eigenvalue weighted by atomic mass is 10.1. The average molecular weight is 447 g/mol. The van der Waals surface area contributed by atoms with Crippen LogP contribution in [-0.4, -0.2) is 29.0 Å². The first kappa shape index (κ1) is 23.0. The molecule has 0 bridgehead atoms. The van der Waals surface area contributed by atoms with Gasteiger partial charge in [-0.2, -0.15) is 18.3 Å². The molecule has 0 aliphatic heterocycles. The van der Waals surface area contributed by atoms with Crippen LogP contribution in [-0.2, 0) is 6.18 Å². The van der Waals surface area contributed by atoms with E-state index in [1.165, 1.54) is 16.8 Å². The molecule has 3 rings (SSSR count). The number of nitrogens with one attached hydrogen (secondary N) is 2. The molecule has 3 aromatic rings. The maximum Gasteiger partial charge on any atom is 0.416 e. The number of rotatable bonds is 6. The fraction of sp³-hybridized carbons (Fsp3) is 0.273. The Kier molecular flexibility index (Phi) is 6.61. The predicted octanol–water partition coefficient (Wildman–Crippen LogP) is 5.07. The number of hydrogen-bond donors (Lipinski definition) is 3. The van der Waals surface area contributed by atoms with Crippen LogP contribution < -0.4 is 21.1 Å². The summed E-state index contributed by atoms with van der Waals surface area (Å²) in [5.41, 5.74) is 7.06. The van der Waals surface area contributed by atoms with Gasteiger partial charge >= 0.3 is 12.2 Å². The number of alkyl halides is 3. The molecule has 7 nitrogen and oxygen atoms in total. The molecule has 0 aliphatic rings. The normalized spacial score (nSPS) is 12.3. The minimum Gasteiger partial charge on any atom is -0.497 e. The van der Waals surface area contributed by atoms with Gasteiger partial charge in [-0.25, -0.2) is 9.48 Å². The summed E-state index contributed by atoms with van der Waals surface area (Å²) in [6.45, 7) is 3.80. The maximum atomic E-state index is 12.9. The van der Waals surface area contributed by atoms with E-state index < -0.39 is 17.8 Å². The van der Waals surface area contributed by atoms with Crippen molar-refractivity contribution in [1.29, 1.82) is 0 Å². The number of halogens is 3. The second-order valence-electron chi connectivity index (χ2n) is 7.20. The lowest BCUT2D eigenvalue weighted by molar-refractivity contribution is -0.137. The van der Waals surface area contributed by atoms with Gasteiger partial charge in [0, 0.05) is 11.6 Å². The van der Waals surface area contributed by atoms with Gasteiger partial charge in [-0.05, 0) is 61.9 Å². The quantitative estimate of drug-likeness (QED) is 0.492. The standard InChI is InChI=1S/C22H24F3N5O2/c1-4-13(2)27-21(31)28-19-18(14-5-11-17(32-3)12-6-14)29-30(20(19)26)16-9-7-15(8-10-16)22(23,24)25/h5-13H,4,26H2,1-3H3,(H2,27,28,31)/t13-/m0/s1. The number of nitrogens with two attached hydrogens (primary N) is 1. The van der Waals surface area contributed by atoms with Crippen molar-refractivity contribution in [3.63, 3.8) is 0 Å². The Balaban J connectivity index is 2.05. The van der Waals surface area contributed by atoms with Gasteiger partial charge in [-0.1, -0.05) is 6.92 Å². The van der Waals surface area contributed by atoms with Gasteiger partial charge < -0.3 is 21.1 Å². The van der Waals surface area contributed by atoms with Crippen molar-refractivity contribution >= 4 is 17.5 Å². The van der Waals surface area contributed by atoms with Gasteiger partial charge in [0.1, 0.15) is 17.1 Å². The Labute approximate surface area is 183 Å². The number of hydrogen-bond acceptors (Lipinski definition) is 4. The third-order valence-electron chi connectivity index (χ3n) is 4.95. The minimum atomic E-state index is -4.46. The number of anilines is 2. The van der Waals surface area contributed by atoms with E-state index >= 15 is 0 Å². The lowest BCUT2D eigenvalue weighted by Crippen LogP contribution is -2.35. The number of benzene rings is 2. The van der Waals surface area contributed by atoms with Crippen LogP contribution in [0.15, 0.2) is 48.5 Å². The number of carbonyl (C=O) groups is 1. The number of urea groups is 1. The summed E-state index contributed by atoms with van der Waals surface area (Å²) < 4.78 is 45.2. The maximum absolute atomic E-state index is 12.9. The highest BCUT2D eigenvalue weighted by molar-refractivity contribution is 5.98. The molecule has 32 heavy (non-hydrogen) atoms. The zero-order valence-electron chi connectivity index (χ0n) is 17.8. The van der Waals surface area contributed by atoms with Gasteiger partial charge in [0.25, 0.3) is 0 Å². The Morgan fingerprint density at radius 1 is 1.16 bits per heavy atom. The van der Waals surface area contributed by atoms with Gasteiger partial charge in [0.05, 0.1) is 18.4 Å². The molecule has 2 aromatic carbocycles. The summed E-state index contributed by atoms with van der Waals surface area (Å²) in [6, 6.07) is 10.9. The van der Waals surface area contributed by atoms with Crippen LogP contribution in [0.25, 0.3) is 16.9 Å². The summed E-state index contributed by atoms with van der Waals surface area (Å²) in [5.74, 6) is 0.711. The Bertz CT molecular complexity index is 1080. The van der Waals surface area contributed by atoms with Crippen molar-refractivity contribution < 1.29 is 22.7 Å². The third kappa shape index (κ3) is 4.96. The third-order valence-corrected chi connectivity index (χ3v) is 4.95. The summed E-state index contributed by atoms with van der Waals surface area (Å²) in [4.78, 5) is 12.5. The molecule has 0 fully saturated rings. The van der Waals surface area contributed by atoms with Crippen molar-refractivity contribution in [3.8, 4) is 22.7 Å². The SMILES string of the molecule is CC[C@H](C)NC(=O)Nc1c(-c2ccc(OC)cc2)nn(-c2ccc(C(F)(F)F)cc2)c1N. The number of ether oxygens (including phenoxy) is 1. The fourth-order valence-corrected chi connectivity index (χ4v) is 2.97. The first-order chi connectivity index (χ1) is 15.1. The molecule has 0 saturated heterocycles. The molecule has 0 radical (unpaired) electrons. The second-order valence-corrected chi connectivity index (χ2v) is 7.20. The topological polar surface area (TPSA) is 94.2 Å². The number of nitrogens with zero attached hydrogens (tertiary/aromatic N) is 2. The lowest BCUT2D eigenvalue weighted by Gasteiger charge is -2.13. The fourth-order valence-electron chi connectivity index (χ4n) is 2.97. The van der Waals surface area contributed by atoms with E-state index in [-0.39, 0.29) is 17.5 Å². The van der Waals surface area contributed by atoms with E-state index in [1.807, 2.05) is 13.8 Å². The summed E-state index contributed by atoms with van der Waals surface area (Å²) in [5, 5.41) is 9.99. The summed E-state index contributed by atoms with van der Waals surface area (Å²) >= 11 is 0. The van der Waals surface area contributed by atoms with E-state index in [9.17, 15) is 18.0 Å². The van der Waals surface area contributed by atoms with Crippen LogP contribution >= 0.6 is 0 Å². The van der Waals surface area contributed by atoms with Gasteiger partial charge in [0.2, 0.25) is 0 Å². The van der Waals surface area contributed by atoms with Crippen LogP contribution in [0.3, 0.4) is 0 Å². The molecule has 10 heteroatoms. The van der Waals surface area contributed by atoms with Crippen LogP contribution in [0, 0.1) is 0 Å². The van der Waals surface area contributed by atoms with Gasteiger partial charge in [-0.3, -0.25) is 0 Å². The molecule has 1 aromatic heterocycles. The summed E-state index contributed by atoms with van der Waals surface area (Å²) in [7, 11) is 1.54. The first-order valence-corrected chi connectivity index (χ1v) is 9.92. The molecule has 1 atom stereocenters. The molecule has 0 aliphatic carbocycles. The van der Waals surface area contributed by atoms with Crippen molar-refractivity contribution in [2.75, 3.05) is 18.2 Å². The van der Waals surface area contributed by atoms with Gasteiger partial charge in [0.15, 0.2) is 5.82 Å². The van der Waals surface area contributed by atoms with E-state index in [2.05, 4.69) is 15.7 Å². The molecule has 1 heterocycles. The molecule has 4 N–H and O–H groups in total. The number of aromatic nitrogens is 2. The molecule has 2 amide bonds. The Morgan fingerprint density at radius 2 is 1.78 bits per heavy atom. The number of carbonyl (C=O) groups excluding carboxylic acids is 1. The Hall–Kier alpha value is -3.69. The average Bonchev–Trinajstić information content (AvgIpc) is 3.09.